The molecular weight excluding hydrogens is 415 g/mol. The number of hydrogen-bond acceptors (Lipinski definition) is 2. The van der Waals surface area contributed by atoms with Crippen LogP contribution >= 0.6 is 0 Å². The summed E-state index contributed by atoms with van der Waals surface area (Å²) in [6, 6.07) is 13.9. The third kappa shape index (κ3) is 8.30. The van der Waals surface area contributed by atoms with Gasteiger partial charge in [0.25, 0.3) is 0 Å². The second kappa shape index (κ2) is 12.0. The molecule has 0 saturated heterocycles. The first-order chi connectivity index (χ1) is 15.5. The van der Waals surface area contributed by atoms with Crippen molar-refractivity contribution in [2.45, 2.75) is 78.8 Å². The Kier molecular flexibility index (Phi) is 9.63. The third-order valence-electron chi connectivity index (χ3n) is 5.78. The lowest BCUT2D eigenvalue weighted by molar-refractivity contribution is -0.141. The fourth-order valence-corrected chi connectivity index (χ4v) is 3.69. The summed E-state index contributed by atoms with van der Waals surface area (Å²) in [6.45, 7) is 13.3. The number of hydrogen-bond donors (Lipinski definition) is 1. The van der Waals surface area contributed by atoms with Crippen molar-refractivity contribution >= 4 is 11.8 Å². The van der Waals surface area contributed by atoms with Crippen LogP contribution in [0.15, 0.2) is 48.5 Å². The maximum absolute atomic E-state index is 13.4. The minimum Gasteiger partial charge on any atom is -0.354 e. The Morgan fingerprint density at radius 1 is 0.970 bits per heavy atom. The topological polar surface area (TPSA) is 49.4 Å². The molecule has 33 heavy (non-hydrogen) atoms. The van der Waals surface area contributed by atoms with Crippen molar-refractivity contribution in [3.05, 3.63) is 71.0 Å². The van der Waals surface area contributed by atoms with Crippen LogP contribution in [0.25, 0.3) is 0 Å². The predicted molar refractivity (Wildman–Crippen MR) is 132 cm³/mol. The van der Waals surface area contributed by atoms with E-state index in [0.29, 0.717) is 31.7 Å². The van der Waals surface area contributed by atoms with Gasteiger partial charge in [0, 0.05) is 19.5 Å². The lowest BCUT2D eigenvalue weighted by Gasteiger charge is -2.31. The lowest BCUT2D eigenvalue weighted by atomic mass is 9.86. The number of carbonyl (C=O) groups excluding carboxylic acids is 2. The molecule has 0 aliphatic heterocycles. The molecule has 1 atom stereocenters. The number of rotatable bonds is 10. The molecule has 2 aromatic rings. The smallest absolute Gasteiger partial charge is 0.242 e. The Bertz CT molecular complexity index is 899. The molecule has 2 rings (SSSR count). The van der Waals surface area contributed by atoms with Gasteiger partial charge < -0.3 is 10.2 Å². The van der Waals surface area contributed by atoms with E-state index in [2.05, 4.69) is 50.4 Å². The monoisotopic (exact) mass is 454 g/mol. The van der Waals surface area contributed by atoms with Gasteiger partial charge in [-0.25, -0.2) is 4.39 Å². The normalized spacial score (nSPS) is 12.5. The van der Waals surface area contributed by atoms with Crippen LogP contribution < -0.4 is 5.32 Å². The second-order valence-corrected chi connectivity index (χ2v) is 10.2. The van der Waals surface area contributed by atoms with Crippen molar-refractivity contribution in [2.24, 2.45) is 5.92 Å². The summed E-state index contributed by atoms with van der Waals surface area (Å²) in [5, 5.41) is 2.96. The molecule has 0 heterocycles. The van der Waals surface area contributed by atoms with Crippen molar-refractivity contribution in [3.8, 4) is 0 Å². The van der Waals surface area contributed by atoms with Gasteiger partial charge in [-0.2, -0.15) is 0 Å². The molecule has 0 saturated carbocycles. The molecule has 4 nitrogen and oxygen atoms in total. The van der Waals surface area contributed by atoms with E-state index in [1.54, 1.807) is 17.0 Å². The Hall–Kier alpha value is -2.69. The van der Waals surface area contributed by atoms with E-state index in [1.165, 1.54) is 17.7 Å². The van der Waals surface area contributed by atoms with Crippen molar-refractivity contribution in [1.82, 2.24) is 10.2 Å². The fraction of sp³-hybridized carbons (Fsp3) is 0.500. The summed E-state index contributed by atoms with van der Waals surface area (Å²) in [5.74, 6) is -0.220. The van der Waals surface area contributed by atoms with Gasteiger partial charge in [0.05, 0.1) is 0 Å². The fourth-order valence-electron chi connectivity index (χ4n) is 3.69. The van der Waals surface area contributed by atoms with Gasteiger partial charge in [-0.15, -0.1) is 0 Å². The molecule has 5 heteroatoms. The zero-order chi connectivity index (χ0) is 24.6. The molecule has 0 bridgehead atoms. The highest BCUT2D eigenvalue weighted by Crippen LogP contribution is 2.23. The standard InChI is InChI=1S/C28H39FN2O2/c1-7-25(27(33)30-18-20(2)3)31(19-22-10-15-24(29)16-11-22)26(32)17-12-21-8-13-23(14-9-21)28(4,5)6/h8-11,13-16,20,25H,7,12,17-19H2,1-6H3,(H,30,33)/t25-/m0/s1. The maximum atomic E-state index is 13.4. The summed E-state index contributed by atoms with van der Waals surface area (Å²) in [5.41, 5.74) is 3.23. The van der Waals surface area contributed by atoms with Gasteiger partial charge in [0.2, 0.25) is 11.8 Å². The Labute approximate surface area is 198 Å². The number of carbonyl (C=O) groups is 2. The van der Waals surface area contributed by atoms with E-state index >= 15 is 0 Å². The van der Waals surface area contributed by atoms with Crippen LogP contribution in [0, 0.1) is 11.7 Å². The van der Waals surface area contributed by atoms with Crippen molar-refractivity contribution in [1.29, 1.82) is 0 Å². The SMILES string of the molecule is CC[C@@H](C(=O)NCC(C)C)N(Cc1ccc(F)cc1)C(=O)CCc1ccc(C(C)(C)C)cc1. The first kappa shape index (κ1) is 26.6. The van der Waals surface area contributed by atoms with Gasteiger partial charge in [0.15, 0.2) is 0 Å². The summed E-state index contributed by atoms with van der Waals surface area (Å²) in [6.07, 6.45) is 1.42. The molecule has 0 radical (unpaired) electrons. The molecule has 0 aromatic heterocycles. The largest absolute Gasteiger partial charge is 0.354 e. The molecule has 1 N–H and O–H groups in total. The molecule has 0 fully saturated rings. The zero-order valence-electron chi connectivity index (χ0n) is 21.0. The number of nitrogens with one attached hydrogen (secondary N) is 1. The molecule has 0 aliphatic carbocycles. The van der Waals surface area contributed by atoms with E-state index in [4.69, 9.17) is 0 Å². The number of amides is 2. The van der Waals surface area contributed by atoms with E-state index in [-0.39, 0.29) is 29.6 Å². The first-order valence-corrected chi connectivity index (χ1v) is 11.9. The average Bonchev–Trinajstić information content (AvgIpc) is 2.76. The van der Waals surface area contributed by atoms with Gasteiger partial charge in [-0.3, -0.25) is 9.59 Å². The Morgan fingerprint density at radius 2 is 1.55 bits per heavy atom. The summed E-state index contributed by atoms with van der Waals surface area (Å²) in [7, 11) is 0. The minimum absolute atomic E-state index is 0.0780. The summed E-state index contributed by atoms with van der Waals surface area (Å²) < 4.78 is 13.4. The van der Waals surface area contributed by atoms with Crippen molar-refractivity contribution in [3.63, 3.8) is 0 Å². The van der Waals surface area contributed by atoms with Crippen LogP contribution in [0.4, 0.5) is 4.39 Å². The molecule has 0 aliphatic rings. The van der Waals surface area contributed by atoms with Gasteiger partial charge in [-0.1, -0.05) is 77.9 Å². The number of benzene rings is 2. The van der Waals surface area contributed by atoms with Crippen LogP contribution in [0.3, 0.4) is 0 Å². The second-order valence-electron chi connectivity index (χ2n) is 10.2. The highest BCUT2D eigenvalue weighted by molar-refractivity contribution is 5.87. The number of nitrogens with zero attached hydrogens (tertiary/aromatic N) is 1. The highest BCUT2D eigenvalue weighted by atomic mass is 19.1. The van der Waals surface area contributed by atoms with Crippen molar-refractivity contribution < 1.29 is 14.0 Å². The summed E-state index contributed by atoms with van der Waals surface area (Å²) >= 11 is 0. The lowest BCUT2D eigenvalue weighted by Crippen LogP contribution is -2.49. The van der Waals surface area contributed by atoms with Gasteiger partial charge in [0.1, 0.15) is 11.9 Å². The first-order valence-electron chi connectivity index (χ1n) is 11.9. The van der Waals surface area contributed by atoms with Crippen molar-refractivity contribution in [2.75, 3.05) is 6.54 Å². The average molecular weight is 455 g/mol. The summed E-state index contributed by atoms with van der Waals surface area (Å²) in [4.78, 5) is 27.9. The Balaban J connectivity index is 2.17. The van der Waals surface area contributed by atoms with Crippen LogP contribution in [-0.2, 0) is 28.0 Å². The predicted octanol–water partition coefficient (Wildman–Crippen LogP) is 5.64. The molecule has 2 amide bonds. The van der Waals surface area contributed by atoms with E-state index in [9.17, 15) is 14.0 Å². The molecule has 180 valence electrons. The Morgan fingerprint density at radius 3 is 2.06 bits per heavy atom. The molecule has 0 unspecified atom stereocenters. The van der Waals surface area contributed by atoms with Crippen LogP contribution in [0.5, 0.6) is 0 Å². The van der Waals surface area contributed by atoms with E-state index in [0.717, 1.165) is 11.1 Å². The van der Waals surface area contributed by atoms with E-state index < -0.39 is 6.04 Å². The number of halogens is 1. The van der Waals surface area contributed by atoms with Gasteiger partial charge in [-0.05, 0) is 53.0 Å². The quantitative estimate of drug-likeness (QED) is 0.505. The zero-order valence-corrected chi connectivity index (χ0v) is 21.0. The van der Waals surface area contributed by atoms with Crippen LogP contribution in [0.2, 0.25) is 0 Å². The van der Waals surface area contributed by atoms with Crippen LogP contribution in [0.1, 0.15) is 71.1 Å². The van der Waals surface area contributed by atoms with E-state index in [1.807, 2.05) is 20.8 Å². The molecule has 2 aromatic carbocycles. The minimum atomic E-state index is -0.565. The highest BCUT2D eigenvalue weighted by Gasteiger charge is 2.28. The van der Waals surface area contributed by atoms with Crippen LogP contribution in [-0.4, -0.2) is 29.3 Å². The van der Waals surface area contributed by atoms with Gasteiger partial charge >= 0.3 is 0 Å². The third-order valence-corrected chi connectivity index (χ3v) is 5.78. The molecule has 0 spiro atoms. The maximum Gasteiger partial charge on any atom is 0.242 e. The molecular formula is C28H39FN2O2. The number of aryl methyl sites for hydroxylation is 1.